The number of aliphatic hydroxyl groups is 4. The highest BCUT2D eigenvalue weighted by atomic mass is 16.6. The highest BCUT2D eigenvalue weighted by molar-refractivity contribution is 6.39. The summed E-state index contributed by atoms with van der Waals surface area (Å²) in [5, 5.41) is 54.5. The minimum atomic E-state index is -2.45. The first-order valence-electron chi connectivity index (χ1n) is 32.1. The molecule has 16 atom stereocenters. The predicted molar refractivity (Wildman–Crippen MR) is 329 cm³/mol. The summed E-state index contributed by atoms with van der Waals surface area (Å²) in [4.78, 5) is 78.7. The molecule has 1 saturated carbocycles. The number of piperidine rings is 2. The van der Waals surface area contributed by atoms with Crippen LogP contribution in [-0.4, -0.2) is 214 Å². The number of fused-ring (bicyclic) bond motifs is 3. The number of hydrogen-bond donors (Lipinski definition) is 5. The normalized spacial score (nSPS) is 35.9. The summed E-state index contributed by atoms with van der Waals surface area (Å²) >= 11 is 0. The lowest BCUT2D eigenvalue weighted by molar-refractivity contribution is -0.265. The summed E-state index contributed by atoms with van der Waals surface area (Å²) in [6.45, 7) is 16.4. The van der Waals surface area contributed by atoms with E-state index >= 15 is 0 Å². The maximum absolute atomic E-state index is 14.7. The molecule has 87 heavy (non-hydrogen) atoms. The van der Waals surface area contributed by atoms with Gasteiger partial charge in [0.05, 0.1) is 62.6 Å². The molecule has 1 aliphatic carbocycles. The van der Waals surface area contributed by atoms with Gasteiger partial charge in [-0.3, -0.25) is 24.1 Å². The zero-order valence-electron chi connectivity index (χ0n) is 54.1. The first-order chi connectivity index (χ1) is 41.5. The van der Waals surface area contributed by atoms with E-state index in [1.165, 1.54) is 12.0 Å². The van der Waals surface area contributed by atoms with Crippen molar-refractivity contribution in [2.24, 2.45) is 46.6 Å². The average molecular weight is 1230 g/mol. The molecule has 21 nitrogen and oxygen atoms in total. The first kappa shape index (κ1) is 73.5. The Balaban J connectivity index is 1.41. The molecule has 2 amide bonds. The Morgan fingerprint density at radius 2 is 1.55 bits per heavy atom. The van der Waals surface area contributed by atoms with Gasteiger partial charge < -0.3 is 68.6 Å². The molecular weight excluding hydrogens is 1120 g/mol. The second kappa shape index (κ2) is 37.2. The Morgan fingerprint density at radius 1 is 0.805 bits per heavy atom. The predicted octanol–water partition coefficient (Wildman–Crippen LogP) is 6.23. The number of ketones is 2. The summed E-state index contributed by atoms with van der Waals surface area (Å²) in [7, 11) is 6.24. The second-order valence-corrected chi connectivity index (χ2v) is 25.6. The number of cyclic esters (lactones) is 1. The third-order valence-corrected chi connectivity index (χ3v) is 18.7. The van der Waals surface area contributed by atoms with E-state index in [9.17, 15) is 44.4 Å². The number of aliphatic hydroxyl groups excluding tert-OH is 3. The Bertz CT molecular complexity index is 2320. The van der Waals surface area contributed by atoms with Gasteiger partial charge in [-0.2, -0.15) is 0 Å². The number of carbonyl (C=O) groups is 5. The molecule has 0 aromatic rings. The molecule has 0 spiro atoms. The van der Waals surface area contributed by atoms with Crippen LogP contribution in [0.25, 0.3) is 0 Å². The van der Waals surface area contributed by atoms with Gasteiger partial charge >= 0.3 is 5.97 Å². The van der Waals surface area contributed by atoms with E-state index in [1.54, 1.807) is 41.3 Å². The van der Waals surface area contributed by atoms with Crippen LogP contribution in [0.4, 0.5) is 0 Å². The number of amides is 2. The number of oxime groups is 1. The molecule has 4 heterocycles. The fourth-order valence-corrected chi connectivity index (χ4v) is 13.1. The van der Waals surface area contributed by atoms with Crippen LogP contribution >= 0.6 is 0 Å². The Labute approximate surface area is 517 Å². The van der Waals surface area contributed by atoms with Crippen molar-refractivity contribution in [1.82, 2.24) is 15.1 Å². The molecule has 21 heteroatoms. The maximum Gasteiger partial charge on any atom is 0.329 e. The van der Waals surface area contributed by atoms with Crippen LogP contribution in [0.2, 0.25) is 0 Å². The number of allylic oxidation sites excluding steroid dienone is 5. The number of ether oxygens (including phenoxy) is 7. The summed E-state index contributed by atoms with van der Waals surface area (Å²) in [6, 6.07) is -1.14. The summed E-state index contributed by atoms with van der Waals surface area (Å²) in [5.74, 6) is -7.24. The van der Waals surface area contributed by atoms with Gasteiger partial charge in [0, 0.05) is 78.5 Å². The fourth-order valence-electron chi connectivity index (χ4n) is 13.1. The third-order valence-electron chi connectivity index (χ3n) is 18.7. The molecule has 5 aliphatic rings. The zero-order valence-corrected chi connectivity index (χ0v) is 54.1. The summed E-state index contributed by atoms with van der Waals surface area (Å²) in [5.41, 5.74) is 1.74. The van der Waals surface area contributed by atoms with Gasteiger partial charge in [0.25, 0.3) is 11.7 Å². The van der Waals surface area contributed by atoms with Crippen LogP contribution in [0.1, 0.15) is 145 Å². The van der Waals surface area contributed by atoms with Crippen molar-refractivity contribution in [2.75, 3.05) is 87.6 Å². The highest BCUT2D eigenvalue weighted by Crippen LogP contribution is 2.38. The van der Waals surface area contributed by atoms with E-state index in [-0.39, 0.29) is 79.9 Å². The van der Waals surface area contributed by atoms with Gasteiger partial charge in [0.1, 0.15) is 24.4 Å². The van der Waals surface area contributed by atoms with Crippen LogP contribution in [0.3, 0.4) is 0 Å². The van der Waals surface area contributed by atoms with Gasteiger partial charge in [-0.1, -0.05) is 76.2 Å². The number of likely N-dealkylation sites (tertiary alicyclic amines) is 1. The van der Waals surface area contributed by atoms with E-state index in [2.05, 4.69) is 28.4 Å². The van der Waals surface area contributed by atoms with Gasteiger partial charge in [0.15, 0.2) is 12.4 Å². The lowest BCUT2D eigenvalue weighted by Crippen LogP contribution is -2.61. The molecular formula is C66H108N4O17. The van der Waals surface area contributed by atoms with Crippen LogP contribution in [0.5, 0.6) is 0 Å². The Morgan fingerprint density at radius 3 is 2.25 bits per heavy atom. The minimum absolute atomic E-state index is 0.00157. The molecule has 0 aromatic heterocycles. The smallest absolute Gasteiger partial charge is 0.329 e. The lowest BCUT2D eigenvalue weighted by atomic mass is 9.78. The van der Waals surface area contributed by atoms with Crippen molar-refractivity contribution in [1.29, 1.82) is 0 Å². The number of esters is 1. The molecule has 2 bridgehead atoms. The van der Waals surface area contributed by atoms with Gasteiger partial charge in [0.2, 0.25) is 11.7 Å². The van der Waals surface area contributed by atoms with E-state index in [0.29, 0.717) is 115 Å². The number of Topliss-reactive ketones (excluding diaryl/α,β-unsaturated/α-hetero) is 2. The number of methoxy groups -OCH3 is 4. The standard InChI is InChI=1S/C66H108N4O17/c1-42-17-13-12-14-18-43(2)56(81-9)38-52-22-20-48(7)66(79,87-52)63(76)64(77)70-27-16-15-19-53(70)65(78)86-57(45(4)35-50-21-23-54(72)58(37-50)82-10)39-55(73)44(3)34-47(6)61(75)62(83-11)60(46(5)33-42)68-85-41-51(71)36-49-24-28-69(29-25-49)40-59(74)67-26-30-84-32-31-80-8/h12-14,17-18,34,42,44-46,48-50,52-58,61-62,72-73,75,79H,15-16,19-33,35-41H2,1-11H3,(H,67,74)/b14-12+,17-13+,43-18+,47-34+,68-60?/t42-,44-,45-,46-,48-,50+,52+,53+,54-,55-,56+,57+,58-,61-,62+,66-/m1/s1. The highest BCUT2D eigenvalue weighted by Gasteiger charge is 2.53. The monoisotopic (exact) mass is 1230 g/mol. The van der Waals surface area contributed by atoms with Crippen LogP contribution in [0, 0.1) is 41.4 Å². The minimum Gasteiger partial charge on any atom is -0.460 e. The molecule has 3 saturated heterocycles. The topological polar surface area (TPSA) is 271 Å². The molecule has 5 N–H and O–H groups in total. The summed E-state index contributed by atoms with van der Waals surface area (Å²) < 4.78 is 40.7. The number of hydrogen-bond acceptors (Lipinski definition) is 19. The van der Waals surface area contributed by atoms with E-state index in [0.717, 1.165) is 24.8 Å². The average Bonchev–Trinajstić information content (AvgIpc) is 3.07. The van der Waals surface area contributed by atoms with Crippen molar-refractivity contribution in [3.8, 4) is 0 Å². The largest absolute Gasteiger partial charge is 0.460 e. The van der Waals surface area contributed by atoms with E-state index in [4.69, 9.17) is 38.0 Å². The number of nitrogens with zero attached hydrogens (tertiary/aromatic N) is 3. The molecule has 494 valence electrons. The number of carbonyl (C=O) groups excluding carboxylic acids is 5. The van der Waals surface area contributed by atoms with Gasteiger partial charge in [-0.05, 0) is 139 Å². The van der Waals surface area contributed by atoms with Gasteiger partial charge in [-0.15, -0.1) is 0 Å². The second-order valence-electron chi connectivity index (χ2n) is 25.6. The maximum atomic E-state index is 14.7. The lowest BCUT2D eigenvalue weighted by Gasteiger charge is -2.43. The molecule has 5 rings (SSSR count). The van der Waals surface area contributed by atoms with Crippen LogP contribution in [-0.2, 0) is 62.0 Å². The molecule has 0 unspecified atom stereocenters. The van der Waals surface area contributed by atoms with Crippen molar-refractivity contribution < 1.29 is 82.4 Å². The number of nitrogens with one attached hydrogen (secondary N) is 1. The summed E-state index contributed by atoms with van der Waals surface area (Å²) in [6.07, 6.45) is 12.5. The zero-order chi connectivity index (χ0) is 63.8. The molecule has 4 aliphatic heterocycles. The quantitative estimate of drug-likeness (QED) is 0.0315. The molecule has 0 radical (unpaired) electrons. The fraction of sp³-hybridized carbons (Fsp3) is 0.788. The first-order valence-corrected chi connectivity index (χ1v) is 32.1. The van der Waals surface area contributed by atoms with Gasteiger partial charge in [-0.25, -0.2) is 4.79 Å². The molecule has 4 fully saturated rings. The SMILES string of the molecule is COCCOCCNC(=O)CN1CCC(CC(=O)CON=C2[C@H](C)C[C@H](C)/C=C/C=C/C=C(\C)[C@@H](OC)C[C@@H]3CC[C@@H](C)[C@@](O)(O3)C(=O)C(=O)N3CCCC[C@H]3C(=O)O[C@H]([C@H](C)C[C@@H]3CC[C@@H](O)[C@H](OC)C3)C[C@@H](O)[C@H](C)/C=C(\C)[C@@H](O)[C@H]2OC)CC1. The van der Waals surface area contributed by atoms with Crippen molar-refractivity contribution in [2.45, 2.75) is 205 Å². The Hall–Kier alpha value is -4.26. The van der Waals surface area contributed by atoms with Crippen LogP contribution in [0.15, 0.2) is 52.8 Å². The van der Waals surface area contributed by atoms with Crippen molar-refractivity contribution in [3.05, 3.63) is 47.6 Å². The Kier molecular flexibility index (Phi) is 31.4. The van der Waals surface area contributed by atoms with Crippen LogP contribution < -0.4 is 5.32 Å². The van der Waals surface area contributed by atoms with E-state index < -0.39 is 84.1 Å². The third kappa shape index (κ3) is 22.6. The van der Waals surface area contributed by atoms with Crippen molar-refractivity contribution >= 4 is 35.1 Å². The number of rotatable bonds is 19. The molecule has 0 aromatic carbocycles. The van der Waals surface area contributed by atoms with Crippen molar-refractivity contribution in [3.63, 3.8) is 0 Å². The van der Waals surface area contributed by atoms with E-state index in [1.807, 2.05) is 52.0 Å².